The third-order valence-electron chi connectivity index (χ3n) is 3.89. The van der Waals surface area contributed by atoms with Gasteiger partial charge in [0.25, 0.3) is 0 Å². The summed E-state index contributed by atoms with van der Waals surface area (Å²) in [5, 5.41) is 6.32. The molecule has 0 bridgehead atoms. The van der Waals surface area contributed by atoms with Gasteiger partial charge in [0.1, 0.15) is 5.75 Å². The summed E-state index contributed by atoms with van der Waals surface area (Å²) in [7, 11) is 0. The van der Waals surface area contributed by atoms with Crippen LogP contribution in [0.1, 0.15) is 32.1 Å². The lowest BCUT2D eigenvalue weighted by molar-refractivity contribution is -0.121. The van der Waals surface area contributed by atoms with Crippen LogP contribution >= 0.6 is 12.4 Å². The first-order valence-corrected chi connectivity index (χ1v) is 8.00. The SMILES string of the molecule is Cl.O=C(CCC1CCNCC1)NCCCOc1ccccc1. The number of hydrogen-bond acceptors (Lipinski definition) is 3. The van der Waals surface area contributed by atoms with E-state index in [9.17, 15) is 4.79 Å². The molecule has 22 heavy (non-hydrogen) atoms. The van der Waals surface area contributed by atoms with Crippen molar-refractivity contribution in [1.29, 1.82) is 0 Å². The number of amides is 1. The van der Waals surface area contributed by atoms with Gasteiger partial charge in [0, 0.05) is 13.0 Å². The van der Waals surface area contributed by atoms with E-state index in [1.807, 2.05) is 30.3 Å². The van der Waals surface area contributed by atoms with Crippen LogP contribution in [0.3, 0.4) is 0 Å². The highest BCUT2D eigenvalue weighted by atomic mass is 35.5. The highest BCUT2D eigenvalue weighted by Crippen LogP contribution is 2.17. The molecular formula is C17H27ClN2O2. The molecule has 1 heterocycles. The monoisotopic (exact) mass is 326 g/mol. The Kier molecular flexibility index (Phi) is 9.67. The smallest absolute Gasteiger partial charge is 0.220 e. The van der Waals surface area contributed by atoms with Gasteiger partial charge >= 0.3 is 0 Å². The molecule has 0 radical (unpaired) electrons. The van der Waals surface area contributed by atoms with Gasteiger partial charge in [-0.05, 0) is 56.8 Å². The number of ether oxygens (including phenoxy) is 1. The van der Waals surface area contributed by atoms with Crippen LogP contribution in [0.4, 0.5) is 0 Å². The van der Waals surface area contributed by atoms with Gasteiger partial charge in [0.2, 0.25) is 5.91 Å². The third kappa shape index (κ3) is 7.66. The van der Waals surface area contributed by atoms with Crippen LogP contribution in [0.25, 0.3) is 0 Å². The second-order valence-electron chi connectivity index (χ2n) is 5.60. The summed E-state index contributed by atoms with van der Waals surface area (Å²) in [6.45, 7) is 3.53. The topological polar surface area (TPSA) is 50.4 Å². The molecule has 1 aliphatic heterocycles. The van der Waals surface area contributed by atoms with Crippen molar-refractivity contribution in [3.63, 3.8) is 0 Å². The third-order valence-corrected chi connectivity index (χ3v) is 3.89. The van der Waals surface area contributed by atoms with Crippen LogP contribution in [0, 0.1) is 5.92 Å². The number of carbonyl (C=O) groups excluding carboxylic acids is 1. The second kappa shape index (κ2) is 11.3. The number of hydrogen-bond donors (Lipinski definition) is 2. The van der Waals surface area contributed by atoms with E-state index in [2.05, 4.69) is 10.6 Å². The molecule has 5 heteroatoms. The van der Waals surface area contributed by atoms with Gasteiger partial charge < -0.3 is 15.4 Å². The Morgan fingerprint density at radius 2 is 1.95 bits per heavy atom. The van der Waals surface area contributed by atoms with Crippen molar-refractivity contribution >= 4 is 18.3 Å². The normalized spacial score (nSPS) is 14.9. The average molecular weight is 327 g/mol. The lowest BCUT2D eigenvalue weighted by Gasteiger charge is -2.22. The maximum Gasteiger partial charge on any atom is 0.220 e. The molecule has 0 aromatic heterocycles. The fourth-order valence-corrected chi connectivity index (χ4v) is 2.60. The Morgan fingerprint density at radius 1 is 1.23 bits per heavy atom. The molecule has 124 valence electrons. The van der Waals surface area contributed by atoms with Crippen molar-refractivity contribution < 1.29 is 9.53 Å². The number of para-hydroxylation sites is 1. The molecule has 0 unspecified atom stereocenters. The van der Waals surface area contributed by atoms with Crippen molar-refractivity contribution in [3.05, 3.63) is 30.3 Å². The first-order valence-electron chi connectivity index (χ1n) is 8.00. The zero-order valence-corrected chi connectivity index (χ0v) is 13.9. The summed E-state index contributed by atoms with van der Waals surface area (Å²) in [5.41, 5.74) is 0. The molecule has 1 aromatic carbocycles. The molecule has 2 rings (SSSR count). The van der Waals surface area contributed by atoms with E-state index in [1.54, 1.807) is 0 Å². The van der Waals surface area contributed by atoms with Crippen LogP contribution in [0.5, 0.6) is 5.75 Å². The Hall–Kier alpha value is -1.26. The minimum absolute atomic E-state index is 0. The van der Waals surface area contributed by atoms with Gasteiger partial charge in [-0.2, -0.15) is 0 Å². The number of nitrogens with one attached hydrogen (secondary N) is 2. The minimum atomic E-state index is 0. The number of piperidine rings is 1. The van der Waals surface area contributed by atoms with Crippen molar-refractivity contribution in [2.24, 2.45) is 5.92 Å². The first kappa shape index (κ1) is 18.8. The Balaban J connectivity index is 0.00000242. The second-order valence-corrected chi connectivity index (χ2v) is 5.60. The van der Waals surface area contributed by atoms with Crippen molar-refractivity contribution in [2.75, 3.05) is 26.2 Å². The van der Waals surface area contributed by atoms with Gasteiger partial charge in [-0.25, -0.2) is 0 Å². The van der Waals surface area contributed by atoms with E-state index < -0.39 is 0 Å². The summed E-state index contributed by atoms with van der Waals surface area (Å²) in [6.07, 6.45) is 4.93. The molecule has 0 aliphatic carbocycles. The van der Waals surface area contributed by atoms with E-state index in [-0.39, 0.29) is 18.3 Å². The van der Waals surface area contributed by atoms with Gasteiger partial charge in [0.15, 0.2) is 0 Å². The molecule has 2 N–H and O–H groups in total. The van der Waals surface area contributed by atoms with Crippen LogP contribution in [-0.2, 0) is 4.79 Å². The summed E-state index contributed by atoms with van der Waals surface area (Å²) < 4.78 is 5.58. The predicted molar refractivity (Wildman–Crippen MR) is 91.6 cm³/mol. The zero-order valence-electron chi connectivity index (χ0n) is 13.1. The highest BCUT2D eigenvalue weighted by molar-refractivity contribution is 5.85. The first-order chi connectivity index (χ1) is 10.3. The Morgan fingerprint density at radius 3 is 2.68 bits per heavy atom. The van der Waals surface area contributed by atoms with Crippen LogP contribution < -0.4 is 15.4 Å². The fraction of sp³-hybridized carbons (Fsp3) is 0.588. The summed E-state index contributed by atoms with van der Waals surface area (Å²) >= 11 is 0. The fourth-order valence-electron chi connectivity index (χ4n) is 2.60. The van der Waals surface area contributed by atoms with Crippen molar-refractivity contribution in [1.82, 2.24) is 10.6 Å². The molecule has 0 saturated carbocycles. The molecule has 4 nitrogen and oxygen atoms in total. The quantitative estimate of drug-likeness (QED) is 0.722. The summed E-state index contributed by atoms with van der Waals surface area (Å²) in [6, 6.07) is 9.76. The van der Waals surface area contributed by atoms with E-state index in [4.69, 9.17) is 4.74 Å². The summed E-state index contributed by atoms with van der Waals surface area (Å²) in [4.78, 5) is 11.8. The molecule has 1 aromatic rings. The average Bonchev–Trinajstić information content (AvgIpc) is 2.54. The molecule has 1 saturated heterocycles. The number of halogens is 1. The number of carbonyl (C=O) groups is 1. The van der Waals surface area contributed by atoms with Crippen LogP contribution in [0.2, 0.25) is 0 Å². The zero-order chi connectivity index (χ0) is 14.8. The Labute approximate surface area is 139 Å². The van der Waals surface area contributed by atoms with Crippen molar-refractivity contribution in [3.8, 4) is 5.75 Å². The number of benzene rings is 1. The van der Waals surface area contributed by atoms with Gasteiger partial charge in [-0.1, -0.05) is 18.2 Å². The highest BCUT2D eigenvalue weighted by Gasteiger charge is 2.14. The van der Waals surface area contributed by atoms with Crippen LogP contribution in [-0.4, -0.2) is 32.1 Å². The van der Waals surface area contributed by atoms with Crippen LogP contribution in [0.15, 0.2) is 30.3 Å². The van der Waals surface area contributed by atoms with E-state index >= 15 is 0 Å². The van der Waals surface area contributed by atoms with E-state index in [0.717, 1.165) is 37.6 Å². The Bertz CT molecular complexity index is 408. The van der Waals surface area contributed by atoms with Crippen molar-refractivity contribution in [2.45, 2.75) is 32.1 Å². The van der Waals surface area contributed by atoms with E-state index in [0.29, 0.717) is 19.6 Å². The van der Waals surface area contributed by atoms with E-state index in [1.165, 1.54) is 12.8 Å². The standard InChI is InChI=1S/C17H26N2O2.ClH/c20-17(8-7-15-9-12-18-13-10-15)19-11-4-14-21-16-5-2-1-3-6-16;/h1-3,5-6,15,18H,4,7-14H2,(H,19,20);1H. The maximum atomic E-state index is 11.8. The molecule has 0 atom stereocenters. The largest absolute Gasteiger partial charge is 0.494 e. The summed E-state index contributed by atoms with van der Waals surface area (Å²) in [5.74, 6) is 1.78. The molecule has 1 fully saturated rings. The van der Waals surface area contributed by atoms with Gasteiger partial charge in [-0.3, -0.25) is 4.79 Å². The maximum absolute atomic E-state index is 11.8. The lowest BCUT2D eigenvalue weighted by atomic mass is 9.93. The number of rotatable bonds is 8. The minimum Gasteiger partial charge on any atom is -0.494 e. The molecular weight excluding hydrogens is 300 g/mol. The molecule has 1 aliphatic rings. The molecule has 0 spiro atoms. The lowest BCUT2D eigenvalue weighted by Crippen LogP contribution is -2.30. The van der Waals surface area contributed by atoms with Gasteiger partial charge in [-0.15, -0.1) is 12.4 Å². The van der Waals surface area contributed by atoms with Gasteiger partial charge in [0.05, 0.1) is 6.61 Å². The predicted octanol–water partition coefficient (Wildman–Crippen LogP) is 2.77. The molecule has 1 amide bonds.